The molecule has 2 aromatic rings. The summed E-state index contributed by atoms with van der Waals surface area (Å²) >= 11 is 3.15. The predicted octanol–water partition coefficient (Wildman–Crippen LogP) is 1.57. The van der Waals surface area contributed by atoms with E-state index in [1.165, 1.54) is 18.2 Å². The number of hydrogen-bond acceptors (Lipinski definition) is 6. The molecule has 0 fully saturated rings. The molecule has 0 saturated heterocycles. The maximum atomic E-state index is 12.1. The number of pyridine rings is 1. The highest BCUT2D eigenvalue weighted by atomic mass is 79.9. The number of H-pyrrole nitrogens is 1. The number of aromatic nitrogens is 1. The van der Waals surface area contributed by atoms with Gasteiger partial charge in [-0.25, -0.2) is 14.4 Å². The molecule has 0 bridgehead atoms. The Balaban J connectivity index is 3.13. The second-order valence-corrected chi connectivity index (χ2v) is 5.61. The summed E-state index contributed by atoms with van der Waals surface area (Å²) < 4.78 is 4.83. The maximum absolute atomic E-state index is 12.1. The van der Waals surface area contributed by atoms with E-state index in [0.717, 1.165) is 7.11 Å². The lowest BCUT2D eigenvalue weighted by atomic mass is 9.92. The van der Waals surface area contributed by atoms with Crippen molar-refractivity contribution in [2.75, 3.05) is 12.8 Å². The molecule has 0 aliphatic carbocycles. The second kappa shape index (κ2) is 6.77. The van der Waals surface area contributed by atoms with Crippen molar-refractivity contribution in [3.63, 3.8) is 0 Å². The van der Waals surface area contributed by atoms with Gasteiger partial charge < -0.3 is 25.7 Å². The third-order valence-electron chi connectivity index (χ3n) is 3.34. The van der Waals surface area contributed by atoms with Crippen molar-refractivity contribution < 1.29 is 29.3 Å². The molecule has 0 spiro atoms. The maximum Gasteiger partial charge on any atom is 0.342 e. The van der Waals surface area contributed by atoms with Crippen LogP contribution < -0.4 is 11.3 Å². The molecule has 5 N–H and O–H groups in total. The Morgan fingerprint density at radius 1 is 1.12 bits per heavy atom. The standard InChI is InChI=1S/C15H11BrN2O7/c1-25-15(24)5-3-2-4-6(16)7(5)8-9(13(20)21)11(17)18-12(19)10(8)14(22)23/h2-4H,1H3,(H,20,21)(H,22,23)(H3,17,18,19). The first-order chi connectivity index (χ1) is 11.7. The molecule has 0 saturated carbocycles. The number of benzene rings is 1. The Morgan fingerprint density at radius 2 is 1.72 bits per heavy atom. The Labute approximate surface area is 148 Å². The number of aromatic amines is 1. The second-order valence-electron chi connectivity index (χ2n) is 4.76. The SMILES string of the molecule is COC(=O)c1cccc(Br)c1-c1c(C(=O)O)c(N)[nH]c(=O)c1C(=O)O. The Bertz CT molecular complexity index is 965. The number of nitrogens with one attached hydrogen (secondary N) is 1. The van der Waals surface area contributed by atoms with Crippen LogP contribution in [-0.2, 0) is 4.74 Å². The van der Waals surface area contributed by atoms with Crippen molar-refractivity contribution in [3.05, 3.63) is 49.7 Å². The third kappa shape index (κ3) is 3.11. The monoisotopic (exact) mass is 410 g/mol. The fourth-order valence-corrected chi connectivity index (χ4v) is 2.92. The van der Waals surface area contributed by atoms with E-state index in [4.69, 9.17) is 5.73 Å². The van der Waals surface area contributed by atoms with Gasteiger partial charge in [-0.3, -0.25) is 4.79 Å². The van der Waals surface area contributed by atoms with Gasteiger partial charge >= 0.3 is 17.9 Å². The zero-order valence-electron chi connectivity index (χ0n) is 12.6. The Morgan fingerprint density at radius 3 is 2.24 bits per heavy atom. The summed E-state index contributed by atoms with van der Waals surface area (Å²) in [5.41, 5.74) is 2.23. The number of methoxy groups -OCH3 is 1. The van der Waals surface area contributed by atoms with Crippen LogP contribution in [0, 0.1) is 0 Å². The van der Waals surface area contributed by atoms with Crippen LogP contribution >= 0.6 is 15.9 Å². The first-order valence-corrected chi connectivity index (χ1v) is 7.39. The summed E-state index contributed by atoms with van der Waals surface area (Å²) in [5.74, 6) is -4.63. The number of ether oxygens (including phenoxy) is 1. The summed E-state index contributed by atoms with van der Waals surface area (Å²) in [6.07, 6.45) is 0. The molecule has 0 atom stereocenters. The Kier molecular flexibility index (Phi) is 4.93. The van der Waals surface area contributed by atoms with Crippen LogP contribution in [0.25, 0.3) is 11.1 Å². The average Bonchev–Trinajstić information content (AvgIpc) is 2.52. The summed E-state index contributed by atoms with van der Waals surface area (Å²) in [6, 6.07) is 4.23. The number of nitrogen functional groups attached to an aromatic ring is 1. The van der Waals surface area contributed by atoms with Crippen LogP contribution in [0.15, 0.2) is 27.5 Å². The van der Waals surface area contributed by atoms with Crippen LogP contribution in [0.1, 0.15) is 31.1 Å². The molecule has 0 amide bonds. The molecule has 0 aliphatic heterocycles. The lowest BCUT2D eigenvalue weighted by Gasteiger charge is -2.16. The number of carboxylic acid groups (broad SMARTS) is 2. The van der Waals surface area contributed by atoms with Gasteiger partial charge in [-0.05, 0) is 12.1 Å². The van der Waals surface area contributed by atoms with Gasteiger partial charge in [-0.2, -0.15) is 0 Å². The fourth-order valence-electron chi connectivity index (χ4n) is 2.35. The average molecular weight is 411 g/mol. The zero-order valence-corrected chi connectivity index (χ0v) is 14.2. The van der Waals surface area contributed by atoms with E-state index in [2.05, 4.69) is 20.7 Å². The van der Waals surface area contributed by atoms with Gasteiger partial charge in [0.2, 0.25) is 0 Å². The van der Waals surface area contributed by atoms with Gasteiger partial charge in [-0.15, -0.1) is 0 Å². The number of carboxylic acids is 2. The van der Waals surface area contributed by atoms with E-state index in [9.17, 15) is 29.4 Å². The first-order valence-electron chi connectivity index (χ1n) is 6.60. The van der Waals surface area contributed by atoms with Crippen LogP contribution in [0.3, 0.4) is 0 Å². The largest absolute Gasteiger partial charge is 0.478 e. The first kappa shape index (κ1) is 18.2. The van der Waals surface area contributed by atoms with E-state index in [1.54, 1.807) is 0 Å². The molecular formula is C15H11BrN2O7. The van der Waals surface area contributed by atoms with Gasteiger partial charge in [0.05, 0.1) is 12.7 Å². The summed E-state index contributed by atoms with van der Waals surface area (Å²) in [5, 5.41) is 18.9. The highest BCUT2D eigenvalue weighted by molar-refractivity contribution is 9.10. The quantitative estimate of drug-likeness (QED) is 0.552. The molecule has 10 heteroatoms. The van der Waals surface area contributed by atoms with Crippen molar-refractivity contribution in [2.24, 2.45) is 0 Å². The van der Waals surface area contributed by atoms with Crippen molar-refractivity contribution in [3.8, 4) is 11.1 Å². The minimum Gasteiger partial charge on any atom is -0.478 e. The molecule has 0 aliphatic rings. The lowest BCUT2D eigenvalue weighted by Crippen LogP contribution is -2.25. The number of carbonyl (C=O) groups is 3. The van der Waals surface area contributed by atoms with Crippen LogP contribution in [0.5, 0.6) is 0 Å². The summed E-state index contributed by atoms with van der Waals surface area (Å²) in [6.45, 7) is 0. The number of halogens is 1. The minimum absolute atomic E-state index is 0.123. The number of aromatic carboxylic acids is 2. The highest BCUT2D eigenvalue weighted by Gasteiger charge is 2.30. The smallest absolute Gasteiger partial charge is 0.342 e. The third-order valence-corrected chi connectivity index (χ3v) is 4.00. The lowest BCUT2D eigenvalue weighted by molar-refractivity contribution is 0.0598. The number of carbonyl (C=O) groups excluding carboxylic acids is 1. The van der Waals surface area contributed by atoms with E-state index in [1.807, 2.05) is 4.98 Å². The van der Waals surface area contributed by atoms with Crippen LogP contribution in [-0.4, -0.2) is 40.2 Å². The Hall–Kier alpha value is -3.14. The van der Waals surface area contributed by atoms with Crippen molar-refractivity contribution in [1.29, 1.82) is 0 Å². The molecule has 1 aromatic heterocycles. The predicted molar refractivity (Wildman–Crippen MR) is 89.9 cm³/mol. The van der Waals surface area contributed by atoms with Gasteiger partial charge in [0.25, 0.3) is 5.56 Å². The number of rotatable bonds is 4. The van der Waals surface area contributed by atoms with Crippen molar-refractivity contribution >= 4 is 39.7 Å². The fraction of sp³-hybridized carbons (Fsp3) is 0.0667. The van der Waals surface area contributed by atoms with Gasteiger partial charge in [0.15, 0.2) is 0 Å². The van der Waals surface area contributed by atoms with E-state index in [0.29, 0.717) is 0 Å². The topological polar surface area (TPSA) is 160 Å². The van der Waals surface area contributed by atoms with Crippen LogP contribution in [0.4, 0.5) is 5.82 Å². The number of esters is 1. The molecule has 1 aromatic carbocycles. The van der Waals surface area contributed by atoms with Crippen molar-refractivity contribution in [1.82, 2.24) is 4.98 Å². The van der Waals surface area contributed by atoms with Crippen molar-refractivity contribution in [2.45, 2.75) is 0 Å². The number of nitrogens with two attached hydrogens (primary N) is 1. The minimum atomic E-state index is -1.68. The zero-order chi connectivity index (χ0) is 18.9. The number of anilines is 1. The van der Waals surface area contributed by atoms with E-state index in [-0.39, 0.29) is 15.6 Å². The summed E-state index contributed by atoms with van der Waals surface area (Å²) in [4.78, 5) is 49.3. The summed E-state index contributed by atoms with van der Waals surface area (Å²) in [7, 11) is 1.11. The molecule has 130 valence electrons. The van der Waals surface area contributed by atoms with Gasteiger partial charge in [0.1, 0.15) is 16.9 Å². The van der Waals surface area contributed by atoms with E-state index >= 15 is 0 Å². The number of hydrogen-bond donors (Lipinski definition) is 4. The van der Waals surface area contributed by atoms with Gasteiger partial charge in [-0.1, -0.05) is 22.0 Å². The molecule has 25 heavy (non-hydrogen) atoms. The molecule has 0 radical (unpaired) electrons. The highest BCUT2D eigenvalue weighted by Crippen LogP contribution is 2.37. The molecule has 1 heterocycles. The van der Waals surface area contributed by atoms with Crippen LogP contribution in [0.2, 0.25) is 0 Å². The molecule has 2 rings (SSSR count). The molecular weight excluding hydrogens is 400 g/mol. The molecule has 0 unspecified atom stereocenters. The van der Waals surface area contributed by atoms with Gasteiger partial charge in [0, 0.05) is 15.6 Å². The molecule has 9 nitrogen and oxygen atoms in total. The normalized spacial score (nSPS) is 10.3. The van der Waals surface area contributed by atoms with E-state index < -0.39 is 46.0 Å².